The Labute approximate surface area is 108 Å². The van der Waals surface area contributed by atoms with E-state index < -0.39 is 0 Å². The number of fused-ring (bicyclic) bond motifs is 1. The van der Waals surface area contributed by atoms with Crippen molar-refractivity contribution in [3.05, 3.63) is 23.2 Å². The molecule has 1 aromatic heterocycles. The summed E-state index contributed by atoms with van der Waals surface area (Å²) in [6.07, 6.45) is 0. The van der Waals surface area contributed by atoms with E-state index in [1.807, 2.05) is 25.1 Å². The Hall–Kier alpha value is -0.290. The number of hydrogen-bond acceptors (Lipinski definition) is 4. The van der Waals surface area contributed by atoms with Crippen LogP contribution in [0.2, 0.25) is 5.02 Å². The summed E-state index contributed by atoms with van der Waals surface area (Å²) in [5.74, 6) is 0.936. The third-order valence-electron chi connectivity index (χ3n) is 2.00. The minimum atomic E-state index is 0.769. The maximum absolute atomic E-state index is 6.09. The predicted octanol–water partition coefficient (Wildman–Crippen LogP) is 4.08. The van der Waals surface area contributed by atoms with Crippen LogP contribution < -0.4 is 0 Å². The summed E-state index contributed by atoms with van der Waals surface area (Å²) in [6.45, 7) is 3.54. The number of halogens is 1. The highest BCUT2D eigenvalue weighted by atomic mass is 35.5. The first-order chi connectivity index (χ1) is 7.81. The van der Waals surface area contributed by atoms with Gasteiger partial charge in [0.05, 0.1) is 21.8 Å². The van der Waals surface area contributed by atoms with Crippen molar-refractivity contribution >= 4 is 44.9 Å². The fourth-order valence-electron chi connectivity index (χ4n) is 1.29. The maximum Gasteiger partial charge on any atom is 0.151 e. The number of aromatic nitrogens is 1. The molecule has 0 atom stereocenters. The summed E-state index contributed by atoms with van der Waals surface area (Å²) in [6, 6.07) is 5.82. The van der Waals surface area contributed by atoms with E-state index in [9.17, 15) is 0 Å². The molecule has 2 nitrogen and oxygen atoms in total. The third kappa shape index (κ3) is 2.88. The van der Waals surface area contributed by atoms with E-state index in [4.69, 9.17) is 16.3 Å². The summed E-state index contributed by atoms with van der Waals surface area (Å²) in [5.41, 5.74) is 0.983. The van der Waals surface area contributed by atoms with Gasteiger partial charge in [-0.2, -0.15) is 0 Å². The molecule has 5 heteroatoms. The van der Waals surface area contributed by atoms with Crippen molar-refractivity contribution in [3.63, 3.8) is 0 Å². The molecule has 0 fully saturated rings. The van der Waals surface area contributed by atoms with Gasteiger partial charge in [-0.1, -0.05) is 29.4 Å². The molecule has 16 heavy (non-hydrogen) atoms. The van der Waals surface area contributed by atoms with Crippen LogP contribution in [0.4, 0.5) is 0 Å². The lowest BCUT2D eigenvalue weighted by Crippen LogP contribution is -1.95. The zero-order valence-corrected chi connectivity index (χ0v) is 11.3. The van der Waals surface area contributed by atoms with Crippen LogP contribution in [0.25, 0.3) is 10.2 Å². The number of hydrogen-bond donors (Lipinski definition) is 0. The van der Waals surface area contributed by atoms with Gasteiger partial charge in [-0.25, -0.2) is 4.98 Å². The minimum Gasteiger partial charge on any atom is -0.381 e. The first kappa shape index (κ1) is 12.2. The number of ether oxygens (including phenoxy) is 1. The fourth-order valence-corrected chi connectivity index (χ4v) is 3.55. The van der Waals surface area contributed by atoms with E-state index in [0.717, 1.165) is 38.5 Å². The minimum absolute atomic E-state index is 0.769. The van der Waals surface area contributed by atoms with Gasteiger partial charge in [0, 0.05) is 12.4 Å². The summed E-state index contributed by atoms with van der Waals surface area (Å²) in [4.78, 5) is 4.51. The molecule has 0 spiro atoms. The van der Waals surface area contributed by atoms with Gasteiger partial charge in [0.2, 0.25) is 0 Å². The zero-order valence-electron chi connectivity index (χ0n) is 8.90. The van der Waals surface area contributed by atoms with Crippen LogP contribution in [0.5, 0.6) is 0 Å². The molecule has 0 aliphatic heterocycles. The molecule has 0 saturated heterocycles. The molecule has 0 amide bonds. The Kier molecular flexibility index (Phi) is 4.46. The van der Waals surface area contributed by atoms with E-state index in [2.05, 4.69) is 4.98 Å². The fraction of sp³-hybridized carbons (Fsp3) is 0.364. The van der Waals surface area contributed by atoms with E-state index in [1.165, 1.54) is 0 Å². The summed E-state index contributed by atoms with van der Waals surface area (Å²) >= 11 is 9.46. The highest BCUT2D eigenvalue weighted by Crippen LogP contribution is 2.33. The average Bonchev–Trinajstić information content (AvgIpc) is 2.69. The smallest absolute Gasteiger partial charge is 0.151 e. The molecule has 86 valence electrons. The van der Waals surface area contributed by atoms with Crippen LogP contribution in [0, 0.1) is 0 Å². The van der Waals surface area contributed by atoms with Gasteiger partial charge in [-0.05, 0) is 19.1 Å². The number of benzene rings is 1. The maximum atomic E-state index is 6.09. The predicted molar refractivity (Wildman–Crippen MR) is 71.8 cm³/mol. The van der Waals surface area contributed by atoms with Gasteiger partial charge >= 0.3 is 0 Å². The van der Waals surface area contributed by atoms with Crippen molar-refractivity contribution in [1.82, 2.24) is 4.98 Å². The molecule has 0 bridgehead atoms. The summed E-state index contributed by atoms with van der Waals surface area (Å²) in [7, 11) is 0. The van der Waals surface area contributed by atoms with Gasteiger partial charge in [0.15, 0.2) is 4.34 Å². The topological polar surface area (TPSA) is 22.1 Å². The first-order valence-electron chi connectivity index (χ1n) is 5.07. The molecule has 0 unspecified atom stereocenters. The van der Waals surface area contributed by atoms with Crippen molar-refractivity contribution in [2.45, 2.75) is 11.3 Å². The van der Waals surface area contributed by atoms with E-state index >= 15 is 0 Å². The van der Waals surface area contributed by atoms with Crippen molar-refractivity contribution in [1.29, 1.82) is 0 Å². The molecule has 0 saturated carbocycles. The van der Waals surface area contributed by atoms with Gasteiger partial charge in [-0.15, -0.1) is 11.3 Å². The third-order valence-corrected chi connectivity index (χ3v) is 4.64. The second-order valence-corrected chi connectivity index (χ2v) is 5.86. The molecular formula is C11H12ClNOS2. The summed E-state index contributed by atoms with van der Waals surface area (Å²) in [5, 5.41) is 0.784. The normalized spacial score (nSPS) is 11.1. The average molecular weight is 274 g/mol. The van der Waals surface area contributed by atoms with E-state index in [0.29, 0.717) is 0 Å². The molecular weight excluding hydrogens is 262 g/mol. The zero-order chi connectivity index (χ0) is 11.4. The molecule has 0 N–H and O–H groups in total. The Morgan fingerprint density at radius 3 is 3.12 bits per heavy atom. The van der Waals surface area contributed by atoms with Crippen LogP contribution in [-0.2, 0) is 4.74 Å². The molecule has 1 heterocycles. The first-order valence-corrected chi connectivity index (χ1v) is 7.25. The molecule has 0 aliphatic rings. The lowest BCUT2D eigenvalue weighted by atomic mass is 10.3. The molecule has 0 radical (unpaired) electrons. The van der Waals surface area contributed by atoms with Crippen LogP contribution >= 0.6 is 34.7 Å². The number of thiazole rings is 1. The number of rotatable bonds is 5. The Bertz CT molecular complexity index is 472. The summed E-state index contributed by atoms with van der Waals surface area (Å²) < 4.78 is 7.41. The van der Waals surface area contributed by atoms with Crippen molar-refractivity contribution < 1.29 is 4.74 Å². The lowest BCUT2D eigenvalue weighted by Gasteiger charge is -1.97. The van der Waals surface area contributed by atoms with Crippen LogP contribution in [0.1, 0.15) is 6.92 Å². The Balaban J connectivity index is 2.05. The largest absolute Gasteiger partial charge is 0.381 e. The Morgan fingerprint density at radius 1 is 1.50 bits per heavy atom. The molecule has 2 rings (SSSR count). The second kappa shape index (κ2) is 5.87. The highest BCUT2D eigenvalue weighted by Gasteiger charge is 2.06. The van der Waals surface area contributed by atoms with Gasteiger partial charge in [0.25, 0.3) is 0 Å². The molecule has 2 aromatic rings. The van der Waals surface area contributed by atoms with Crippen molar-refractivity contribution in [2.24, 2.45) is 0 Å². The van der Waals surface area contributed by atoms with Gasteiger partial charge in [0.1, 0.15) is 0 Å². The van der Waals surface area contributed by atoms with Crippen LogP contribution in [0.3, 0.4) is 0 Å². The van der Waals surface area contributed by atoms with Gasteiger partial charge in [-0.3, -0.25) is 0 Å². The monoisotopic (exact) mass is 273 g/mol. The van der Waals surface area contributed by atoms with Crippen molar-refractivity contribution in [2.75, 3.05) is 19.0 Å². The molecule has 0 aliphatic carbocycles. The lowest BCUT2D eigenvalue weighted by molar-refractivity contribution is 0.164. The SMILES string of the molecule is CCOCCSc1nc2cccc(Cl)c2s1. The second-order valence-electron chi connectivity index (χ2n) is 3.11. The highest BCUT2D eigenvalue weighted by molar-refractivity contribution is 8.01. The van der Waals surface area contributed by atoms with Crippen LogP contribution in [0.15, 0.2) is 22.5 Å². The standard InChI is InChI=1S/C11H12ClNOS2/c1-2-14-6-7-15-11-13-9-5-3-4-8(12)10(9)16-11/h3-5H,2,6-7H2,1H3. The van der Waals surface area contributed by atoms with Gasteiger partial charge < -0.3 is 4.74 Å². The number of thioether (sulfide) groups is 1. The van der Waals surface area contributed by atoms with Crippen LogP contribution in [-0.4, -0.2) is 24.0 Å². The number of nitrogens with zero attached hydrogens (tertiary/aromatic N) is 1. The Morgan fingerprint density at radius 2 is 2.38 bits per heavy atom. The van der Waals surface area contributed by atoms with E-state index in [-0.39, 0.29) is 0 Å². The van der Waals surface area contributed by atoms with Crippen molar-refractivity contribution in [3.8, 4) is 0 Å². The van der Waals surface area contributed by atoms with E-state index in [1.54, 1.807) is 23.1 Å². The molecule has 1 aromatic carbocycles. The quantitative estimate of drug-likeness (QED) is 0.605.